The van der Waals surface area contributed by atoms with Crippen LogP contribution in [-0.4, -0.2) is 34.2 Å². The fourth-order valence-electron chi connectivity index (χ4n) is 3.68. The predicted octanol–water partition coefficient (Wildman–Crippen LogP) is 3.23. The number of imide groups is 1. The lowest BCUT2D eigenvalue weighted by atomic mass is 9.86. The summed E-state index contributed by atoms with van der Waals surface area (Å²) in [6.07, 6.45) is 1.31. The minimum absolute atomic E-state index is 0.256. The van der Waals surface area contributed by atoms with Gasteiger partial charge >= 0.3 is 6.03 Å². The Morgan fingerprint density at radius 2 is 1.78 bits per heavy atom. The van der Waals surface area contributed by atoms with E-state index in [0.29, 0.717) is 12.0 Å². The summed E-state index contributed by atoms with van der Waals surface area (Å²) in [6, 6.07) is 8.90. The van der Waals surface area contributed by atoms with Crippen molar-refractivity contribution < 1.29 is 14.4 Å². The number of aromatic nitrogens is 1. The van der Waals surface area contributed by atoms with Gasteiger partial charge in [-0.15, -0.1) is 0 Å². The van der Waals surface area contributed by atoms with Gasteiger partial charge in [0.15, 0.2) is 5.78 Å². The quantitative estimate of drug-likeness (QED) is 0.607. The third-order valence-electron chi connectivity index (χ3n) is 5.31. The molecule has 0 saturated carbocycles. The Labute approximate surface area is 159 Å². The highest BCUT2D eigenvalue weighted by Gasteiger charge is 2.51. The summed E-state index contributed by atoms with van der Waals surface area (Å²) >= 11 is 0. The van der Waals surface area contributed by atoms with Crippen LogP contribution in [0.15, 0.2) is 30.3 Å². The first-order chi connectivity index (χ1) is 12.8. The maximum Gasteiger partial charge on any atom is 0.325 e. The summed E-state index contributed by atoms with van der Waals surface area (Å²) in [4.78, 5) is 42.5. The Bertz CT molecular complexity index is 898. The lowest BCUT2D eigenvalue weighted by molar-refractivity contribution is -0.131. The first-order valence-corrected chi connectivity index (χ1v) is 9.25. The van der Waals surface area contributed by atoms with E-state index in [0.717, 1.165) is 33.8 Å². The van der Waals surface area contributed by atoms with Crippen molar-refractivity contribution in [1.29, 1.82) is 0 Å². The van der Waals surface area contributed by atoms with Crippen LogP contribution in [-0.2, 0) is 16.8 Å². The van der Waals surface area contributed by atoms with E-state index in [9.17, 15) is 14.4 Å². The van der Waals surface area contributed by atoms with Gasteiger partial charge in [-0.1, -0.05) is 38.1 Å². The summed E-state index contributed by atoms with van der Waals surface area (Å²) in [5.74, 6) is -0.633. The number of aryl methyl sites for hydroxylation is 3. The summed E-state index contributed by atoms with van der Waals surface area (Å²) in [5, 5.41) is 2.82. The molecule has 142 valence electrons. The van der Waals surface area contributed by atoms with Crippen LogP contribution in [0.4, 0.5) is 4.79 Å². The standard InChI is InChI=1S/C21H25N3O3/c1-5-15-7-9-16(10-8-15)21(6-2)19(26)24(20(27)23-21)12-18(25)17-11-13(3)22-14(17)4/h7-11,22H,5-6,12H2,1-4H3,(H,23,27). The van der Waals surface area contributed by atoms with Gasteiger partial charge in [-0.2, -0.15) is 0 Å². The zero-order valence-corrected chi connectivity index (χ0v) is 16.2. The Kier molecular flexibility index (Phi) is 4.91. The summed E-state index contributed by atoms with van der Waals surface area (Å²) in [6.45, 7) is 7.32. The fraction of sp³-hybridized carbons (Fsp3) is 0.381. The summed E-state index contributed by atoms with van der Waals surface area (Å²) < 4.78 is 0. The molecule has 1 aromatic heterocycles. The number of hydrogen-bond donors (Lipinski definition) is 2. The fourth-order valence-corrected chi connectivity index (χ4v) is 3.68. The van der Waals surface area contributed by atoms with Crippen molar-refractivity contribution in [3.8, 4) is 0 Å². The molecule has 3 rings (SSSR count). The third kappa shape index (κ3) is 3.16. The van der Waals surface area contributed by atoms with Crippen molar-refractivity contribution in [2.75, 3.05) is 6.54 Å². The van der Waals surface area contributed by atoms with E-state index < -0.39 is 11.6 Å². The number of hydrogen-bond acceptors (Lipinski definition) is 3. The Balaban J connectivity index is 1.88. The second-order valence-corrected chi connectivity index (χ2v) is 7.05. The number of Topliss-reactive ketones (excluding diaryl/α,β-unsaturated/α-hetero) is 1. The molecular formula is C21H25N3O3. The van der Waals surface area contributed by atoms with Crippen molar-refractivity contribution in [2.24, 2.45) is 0 Å². The highest BCUT2D eigenvalue weighted by atomic mass is 16.2. The van der Waals surface area contributed by atoms with Gasteiger partial charge in [-0.25, -0.2) is 4.79 Å². The normalized spacial score (nSPS) is 19.5. The lowest BCUT2D eigenvalue weighted by Crippen LogP contribution is -2.43. The molecule has 0 aliphatic carbocycles. The molecular weight excluding hydrogens is 342 g/mol. The molecule has 6 heteroatoms. The number of ketones is 1. The average molecular weight is 367 g/mol. The number of aromatic amines is 1. The molecule has 1 atom stereocenters. The van der Waals surface area contributed by atoms with E-state index in [2.05, 4.69) is 17.2 Å². The largest absolute Gasteiger partial charge is 0.362 e. The van der Waals surface area contributed by atoms with Crippen molar-refractivity contribution in [3.05, 3.63) is 58.4 Å². The van der Waals surface area contributed by atoms with Crippen LogP contribution in [0.25, 0.3) is 0 Å². The number of urea groups is 1. The zero-order valence-electron chi connectivity index (χ0n) is 16.2. The summed E-state index contributed by atoms with van der Waals surface area (Å²) in [5.41, 5.74) is 2.89. The average Bonchev–Trinajstić information content (AvgIpc) is 3.12. The molecule has 2 aromatic rings. The number of carbonyl (C=O) groups is 3. The maximum atomic E-state index is 13.2. The molecule has 2 heterocycles. The number of benzene rings is 1. The van der Waals surface area contributed by atoms with Crippen molar-refractivity contribution >= 4 is 17.7 Å². The number of nitrogens with one attached hydrogen (secondary N) is 2. The van der Waals surface area contributed by atoms with E-state index in [4.69, 9.17) is 0 Å². The number of carbonyl (C=O) groups excluding carboxylic acids is 3. The van der Waals surface area contributed by atoms with Gasteiger partial charge in [0.25, 0.3) is 5.91 Å². The molecule has 27 heavy (non-hydrogen) atoms. The van der Waals surface area contributed by atoms with Crippen LogP contribution in [0.3, 0.4) is 0 Å². The molecule has 0 radical (unpaired) electrons. The SMILES string of the molecule is CCc1ccc(C2(CC)NC(=O)N(CC(=O)c3cc(C)[nH]c3C)C2=O)cc1. The van der Waals surface area contributed by atoms with Crippen LogP contribution in [0, 0.1) is 13.8 Å². The molecule has 0 bridgehead atoms. The molecule has 1 unspecified atom stereocenters. The van der Waals surface area contributed by atoms with Crippen molar-refractivity contribution in [1.82, 2.24) is 15.2 Å². The van der Waals surface area contributed by atoms with Gasteiger partial charge in [0.1, 0.15) is 5.54 Å². The first kappa shape index (κ1) is 18.9. The van der Waals surface area contributed by atoms with E-state index in [-0.39, 0.29) is 18.2 Å². The molecule has 1 aliphatic rings. The summed E-state index contributed by atoms with van der Waals surface area (Å²) in [7, 11) is 0. The Morgan fingerprint density at radius 3 is 2.30 bits per heavy atom. The van der Waals surface area contributed by atoms with Gasteiger partial charge in [0.2, 0.25) is 0 Å². The van der Waals surface area contributed by atoms with Gasteiger partial charge in [0, 0.05) is 17.0 Å². The molecule has 1 fully saturated rings. The molecule has 2 N–H and O–H groups in total. The van der Waals surface area contributed by atoms with Gasteiger partial charge in [-0.05, 0) is 43.9 Å². The minimum atomic E-state index is -1.12. The zero-order chi connectivity index (χ0) is 19.8. The third-order valence-corrected chi connectivity index (χ3v) is 5.31. The van der Waals surface area contributed by atoms with E-state index in [1.165, 1.54) is 0 Å². The van der Waals surface area contributed by atoms with Gasteiger partial charge in [0.05, 0.1) is 6.54 Å². The number of H-pyrrole nitrogens is 1. The second-order valence-electron chi connectivity index (χ2n) is 7.05. The topological polar surface area (TPSA) is 82.3 Å². The monoisotopic (exact) mass is 367 g/mol. The van der Waals surface area contributed by atoms with Crippen LogP contribution < -0.4 is 5.32 Å². The smallest absolute Gasteiger partial charge is 0.325 e. The molecule has 1 aliphatic heterocycles. The Hall–Kier alpha value is -2.89. The van der Waals surface area contributed by atoms with Crippen LogP contribution >= 0.6 is 0 Å². The molecule has 0 spiro atoms. The number of nitrogens with zero attached hydrogens (tertiary/aromatic N) is 1. The second kappa shape index (κ2) is 7.02. The highest BCUT2D eigenvalue weighted by Crippen LogP contribution is 2.33. The first-order valence-electron chi connectivity index (χ1n) is 9.25. The maximum absolute atomic E-state index is 13.2. The van der Waals surface area contributed by atoms with Crippen LogP contribution in [0.5, 0.6) is 0 Å². The van der Waals surface area contributed by atoms with E-state index >= 15 is 0 Å². The van der Waals surface area contributed by atoms with Crippen molar-refractivity contribution in [2.45, 2.75) is 46.1 Å². The van der Waals surface area contributed by atoms with Crippen LogP contribution in [0.2, 0.25) is 0 Å². The molecule has 1 aromatic carbocycles. The number of rotatable bonds is 6. The number of amides is 3. The van der Waals surface area contributed by atoms with Gasteiger partial charge < -0.3 is 10.3 Å². The molecule has 1 saturated heterocycles. The van der Waals surface area contributed by atoms with E-state index in [1.54, 1.807) is 13.0 Å². The van der Waals surface area contributed by atoms with Crippen molar-refractivity contribution in [3.63, 3.8) is 0 Å². The predicted molar refractivity (Wildman–Crippen MR) is 103 cm³/mol. The molecule has 6 nitrogen and oxygen atoms in total. The van der Waals surface area contributed by atoms with Crippen LogP contribution in [0.1, 0.15) is 53.1 Å². The van der Waals surface area contributed by atoms with Gasteiger partial charge in [-0.3, -0.25) is 14.5 Å². The van der Waals surface area contributed by atoms with E-state index in [1.807, 2.05) is 38.1 Å². The highest BCUT2D eigenvalue weighted by molar-refractivity contribution is 6.11. The lowest BCUT2D eigenvalue weighted by Gasteiger charge is -2.26. The minimum Gasteiger partial charge on any atom is -0.362 e. The Morgan fingerprint density at radius 1 is 1.11 bits per heavy atom. The molecule has 3 amide bonds.